The van der Waals surface area contributed by atoms with E-state index in [0.29, 0.717) is 18.0 Å². The van der Waals surface area contributed by atoms with Crippen molar-refractivity contribution in [3.63, 3.8) is 0 Å². The third-order valence-corrected chi connectivity index (χ3v) is 2.85. The van der Waals surface area contributed by atoms with Crippen molar-refractivity contribution in [2.75, 3.05) is 19.5 Å². The monoisotopic (exact) mass is 272 g/mol. The highest BCUT2D eigenvalue weighted by Gasteiger charge is 2.10. The zero-order chi connectivity index (χ0) is 14.4. The minimum absolute atomic E-state index is 0.338. The fourth-order valence-corrected chi connectivity index (χ4v) is 1.79. The number of rotatable bonds is 5. The Hall–Kier alpha value is -2.56. The second-order valence-corrected chi connectivity index (χ2v) is 4.09. The molecule has 0 aliphatic heterocycles. The van der Waals surface area contributed by atoms with E-state index >= 15 is 0 Å². The maximum absolute atomic E-state index is 11.7. The molecule has 5 heteroatoms. The molecular weight excluding hydrogens is 256 g/mol. The Balaban J connectivity index is 2.08. The summed E-state index contributed by atoms with van der Waals surface area (Å²) in [6.07, 6.45) is 1.68. The van der Waals surface area contributed by atoms with Crippen LogP contribution in [0.2, 0.25) is 0 Å². The van der Waals surface area contributed by atoms with Crippen LogP contribution >= 0.6 is 0 Å². The van der Waals surface area contributed by atoms with Gasteiger partial charge in [0.1, 0.15) is 0 Å². The smallest absolute Gasteiger partial charge is 0.338 e. The summed E-state index contributed by atoms with van der Waals surface area (Å²) >= 11 is 0. The molecule has 0 spiro atoms. The van der Waals surface area contributed by atoms with Gasteiger partial charge in [0, 0.05) is 12.6 Å². The number of pyridine rings is 1. The molecule has 1 heterocycles. The Bertz CT molecular complexity index is 582. The van der Waals surface area contributed by atoms with Gasteiger partial charge in [0.25, 0.3) is 0 Å². The molecule has 104 valence electrons. The van der Waals surface area contributed by atoms with E-state index in [2.05, 4.69) is 10.3 Å². The van der Waals surface area contributed by atoms with Crippen LogP contribution in [0.25, 0.3) is 0 Å². The predicted molar refractivity (Wildman–Crippen MR) is 75.9 cm³/mol. The van der Waals surface area contributed by atoms with Gasteiger partial charge in [0.15, 0.2) is 0 Å². The van der Waals surface area contributed by atoms with Gasteiger partial charge in [0.05, 0.1) is 31.7 Å². The van der Waals surface area contributed by atoms with Crippen molar-refractivity contribution in [1.82, 2.24) is 4.98 Å². The van der Waals surface area contributed by atoms with E-state index in [9.17, 15) is 4.79 Å². The molecule has 0 saturated carbocycles. The zero-order valence-electron chi connectivity index (χ0n) is 11.4. The fourth-order valence-electron chi connectivity index (χ4n) is 1.79. The lowest BCUT2D eigenvalue weighted by Gasteiger charge is -2.10. The molecule has 0 saturated heterocycles. The number of esters is 1. The van der Waals surface area contributed by atoms with Gasteiger partial charge in [-0.15, -0.1) is 0 Å². The minimum Gasteiger partial charge on any atom is -0.481 e. The maximum atomic E-state index is 11.7. The second-order valence-electron chi connectivity index (χ2n) is 4.09. The number of aromatic nitrogens is 1. The van der Waals surface area contributed by atoms with E-state index in [1.165, 1.54) is 7.11 Å². The Kier molecular flexibility index (Phi) is 4.55. The van der Waals surface area contributed by atoms with Crippen molar-refractivity contribution in [1.29, 1.82) is 0 Å². The average Bonchev–Trinajstić information content (AvgIpc) is 2.53. The standard InChI is InChI=1S/C15H16N2O3/c1-19-14-8-7-12(10-17-14)16-9-11-5-3-4-6-13(11)15(18)20-2/h3-8,10,16H,9H2,1-2H3. The molecule has 0 aliphatic rings. The lowest BCUT2D eigenvalue weighted by molar-refractivity contribution is 0.0599. The van der Waals surface area contributed by atoms with Gasteiger partial charge in [0.2, 0.25) is 5.88 Å². The summed E-state index contributed by atoms with van der Waals surface area (Å²) in [5.41, 5.74) is 2.28. The highest BCUT2D eigenvalue weighted by molar-refractivity contribution is 5.91. The van der Waals surface area contributed by atoms with Crippen LogP contribution in [-0.4, -0.2) is 25.2 Å². The number of carbonyl (C=O) groups excluding carboxylic acids is 1. The maximum Gasteiger partial charge on any atom is 0.338 e. The number of carbonyl (C=O) groups is 1. The lowest BCUT2D eigenvalue weighted by atomic mass is 10.1. The molecule has 1 aromatic carbocycles. The molecule has 0 amide bonds. The molecule has 0 aliphatic carbocycles. The van der Waals surface area contributed by atoms with E-state index in [4.69, 9.17) is 9.47 Å². The number of nitrogens with zero attached hydrogens (tertiary/aromatic N) is 1. The summed E-state index contributed by atoms with van der Waals surface area (Å²) in [4.78, 5) is 15.8. The minimum atomic E-state index is -0.338. The fraction of sp³-hybridized carbons (Fsp3) is 0.200. The molecule has 0 radical (unpaired) electrons. The molecule has 2 aromatic rings. The highest BCUT2D eigenvalue weighted by atomic mass is 16.5. The molecule has 5 nitrogen and oxygen atoms in total. The van der Waals surface area contributed by atoms with Gasteiger partial charge in [-0.25, -0.2) is 9.78 Å². The molecule has 1 aromatic heterocycles. The van der Waals surface area contributed by atoms with Crippen LogP contribution < -0.4 is 10.1 Å². The number of nitrogens with one attached hydrogen (secondary N) is 1. The van der Waals surface area contributed by atoms with Crippen LogP contribution in [0.3, 0.4) is 0 Å². The third-order valence-electron chi connectivity index (χ3n) is 2.85. The molecule has 0 bridgehead atoms. The Labute approximate surface area is 117 Å². The first kappa shape index (κ1) is 13.9. The van der Waals surface area contributed by atoms with Crippen molar-refractivity contribution in [3.8, 4) is 5.88 Å². The second kappa shape index (κ2) is 6.56. The van der Waals surface area contributed by atoms with Gasteiger partial charge in [-0.2, -0.15) is 0 Å². The van der Waals surface area contributed by atoms with E-state index in [-0.39, 0.29) is 5.97 Å². The predicted octanol–water partition coefficient (Wildman–Crippen LogP) is 2.49. The summed E-state index contributed by atoms with van der Waals surface area (Å²) in [5.74, 6) is 0.223. The number of hydrogen-bond acceptors (Lipinski definition) is 5. The van der Waals surface area contributed by atoms with Gasteiger partial charge in [-0.1, -0.05) is 18.2 Å². The topological polar surface area (TPSA) is 60.5 Å². The van der Waals surface area contributed by atoms with Crippen LogP contribution in [0.5, 0.6) is 5.88 Å². The quantitative estimate of drug-likeness (QED) is 0.847. The van der Waals surface area contributed by atoms with Crippen LogP contribution in [0.4, 0.5) is 5.69 Å². The van der Waals surface area contributed by atoms with E-state index in [0.717, 1.165) is 11.3 Å². The van der Waals surface area contributed by atoms with Crippen molar-refractivity contribution in [3.05, 3.63) is 53.7 Å². The molecule has 0 fully saturated rings. The highest BCUT2D eigenvalue weighted by Crippen LogP contribution is 2.15. The molecular formula is C15H16N2O3. The average molecular weight is 272 g/mol. The Morgan fingerprint density at radius 2 is 2.00 bits per heavy atom. The van der Waals surface area contributed by atoms with Crippen molar-refractivity contribution in [2.24, 2.45) is 0 Å². The first-order valence-corrected chi connectivity index (χ1v) is 6.14. The summed E-state index contributed by atoms with van der Waals surface area (Å²) < 4.78 is 9.76. The molecule has 0 unspecified atom stereocenters. The molecule has 20 heavy (non-hydrogen) atoms. The SMILES string of the molecule is COC(=O)c1ccccc1CNc1ccc(OC)nc1. The van der Waals surface area contributed by atoms with Gasteiger partial charge < -0.3 is 14.8 Å². The number of benzene rings is 1. The summed E-state index contributed by atoms with van der Waals surface area (Å²) in [5, 5.41) is 3.21. The summed E-state index contributed by atoms with van der Waals surface area (Å²) in [7, 11) is 2.95. The van der Waals surface area contributed by atoms with Gasteiger partial charge in [-0.3, -0.25) is 0 Å². The number of methoxy groups -OCH3 is 2. The van der Waals surface area contributed by atoms with Crippen LogP contribution in [0, 0.1) is 0 Å². The number of anilines is 1. The lowest BCUT2D eigenvalue weighted by Crippen LogP contribution is -2.09. The zero-order valence-corrected chi connectivity index (χ0v) is 11.4. The normalized spacial score (nSPS) is 9.90. The van der Waals surface area contributed by atoms with Crippen molar-refractivity contribution >= 4 is 11.7 Å². The van der Waals surface area contributed by atoms with Crippen LogP contribution in [0.15, 0.2) is 42.6 Å². The Morgan fingerprint density at radius 1 is 1.20 bits per heavy atom. The largest absolute Gasteiger partial charge is 0.481 e. The van der Waals surface area contributed by atoms with Crippen LogP contribution in [-0.2, 0) is 11.3 Å². The first-order valence-electron chi connectivity index (χ1n) is 6.14. The van der Waals surface area contributed by atoms with Crippen LogP contribution in [0.1, 0.15) is 15.9 Å². The van der Waals surface area contributed by atoms with Gasteiger partial charge >= 0.3 is 5.97 Å². The molecule has 1 N–H and O–H groups in total. The Morgan fingerprint density at radius 3 is 2.65 bits per heavy atom. The summed E-state index contributed by atoms with van der Waals surface area (Å²) in [6, 6.07) is 11.0. The van der Waals surface area contributed by atoms with E-state index < -0.39 is 0 Å². The third kappa shape index (κ3) is 3.26. The first-order chi connectivity index (χ1) is 9.74. The molecule has 0 atom stereocenters. The van der Waals surface area contributed by atoms with Crippen molar-refractivity contribution < 1.29 is 14.3 Å². The van der Waals surface area contributed by atoms with E-state index in [1.54, 1.807) is 25.4 Å². The molecule has 2 rings (SSSR count). The number of hydrogen-bond donors (Lipinski definition) is 1. The summed E-state index contributed by atoms with van der Waals surface area (Å²) in [6.45, 7) is 0.513. The van der Waals surface area contributed by atoms with E-state index in [1.807, 2.05) is 24.3 Å². The van der Waals surface area contributed by atoms with Crippen molar-refractivity contribution in [2.45, 2.75) is 6.54 Å². The number of ether oxygens (including phenoxy) is 2. The van der Waals surface area contributed by atoms with Gasteiger partial charge in [-0.05, 0) is 17.7 Å².